The molecular weight excluding hydrogens is 462 g/mol. The SMILES string of the molecule is CCn1cc(CN2CCN(C(=O)C3CCN(S(=O)(=O)c4ccc(Cl)cc4)CC3)CC2)c(C)n1. The number of hydrogen-bond acceptors (Lipinski definition) is 5. The topological polar surface area (TPSA) is 78.8 Å². The van der Waals surface area contributed by atoms with E-state index < -0.39 is 10.0 Å². The van der Waals surface area contributed by atoms with Crippen molar-refractivity contribution in [1.82, 2.24) is 23.9 Å². The number of benzene rings is 1. The van der Waals surface area contributed by atoms with Gasteiger partial charge >= 0.3 is 0 Å². The van der Waals surface area contributed by atoms with Gasteiger partial charge in [0.25, 0.3) is 0 Å². The van der Waals surface area contributed by atoms with Crippen molar-refractivity contribution in [3.05, 3.63) is 46.7 Å². The van der Waals surface area contributed by atoms with Crippen LogP contribution < -0.4 is 0 Å². The summed E-state index contributed by atoms with van der Waals surface area (Å²) in [6.07, 6.45) is 3.22. The van der Waals surface area contributed by atoms with E-state index in [1.807, 2.05) is 16.5 Å². The van der Waals surface area contributed by atoms with E-state index in [1.54, 1.807) is 12.1 Å². The van der Waals surface area contributed by atoms with E-state index in [0.717, 1.165) is 31.9 Å². The van der Waals surface area contributed by atoms with Crippen molar-refractivity contribution in [3.8, 4) is 0 Å². The average molecular weight is 494 g/mol. The third kappa shape index (κ3) is 5.42. The van der Waals surface area contributed by atoms with Crippen LogP contribution in [0, 0.1) is 12.8 Å². The zero-order chi connectivity index (χ0) is 23.6. The number of piperidine rings is 1. The first-order chi connectivity index (χ1) is 15.8. The first kappa shape index (κ1) is 24.2. The molecule has 8 nitrogen and oxygen atoms in total. The molecule has 0 radical (unpaired) electrons. The van der Waals surface area contributed by atoms with Gasteiger partial charge in [-0.25, -0.2) is 8.42 Å². The second-order valence-electron chi connectivity index (χ2n) is 8.83. The van der Waals surface area contributed by atoms with Gasteiger partial charge in [-0.3, -0.25) is 14.4 Å². The van der Waals surface area contributed by atoms with Crippen LogP contribution in [-0.4, -0.2) is 77.5 Å². The molecule has 0 aliphatic carbocycles. The summed E-state index contributed by atoms with van der Waals surface area (Å²) in [7, 11) is -3.56. The van der Waals surface area contributed by atoms with Gasteiger partial charge in [-0.05, 0) is 51.0 Å². The van der Waals surface area contributed by atoms with E-state index >= 15 is 0 Å². The van der Waals surface area contributed by atoms with Crippen LogP contribution >= 0.6 is 11.6 Å². The van der Waals surface area contributed by atoms with E-state index in [-0.39, 0.29) is 16.7 Å². The highest BCUT2D eigenvalue weighted by Crippen LogP contribution is 2.26. The highest BCUT2D eigenvalue weighted by molar-refractivity contribution is 7.89. The monoisotopic (exact) mass is 493 g/mol. The Labute approximate surface area is 201 Å². The summed E-state index contributed by atoms with van der Waals surface area (Å²) in [6, 6.07) is 6.23. The summed E-state index contributed by atoms with van der Waals surface area (Å²) in [5, 5.41) is 5.02. The fraction of sp³-hybridized carbons (Fsp3) is 0.565. The Balaban J connectivity index is 1.27. The number of carbonyl (C=O) groups excluding carboxylic acids is 1. The molecule has 1 aromatic heterocycles. The molecule has 0 saturated carbocycles. The molecule has 0 spiro atoms. The van der Waals surface area contributed by atoms with Gasteiger partial charge in [0.15, 0.2) is 0 Å². The first-order valence-corrected chi connectivity index (χ1v) is 13.4. The Bertz CT molecular complexity index is 1070. The molecule has 4 rings (SSSR count). The molecule has 2 aromatic rings. The number of rotatable bonds is 6. The van der Waals surface area contributed by atoms with Crippen LogP contribution in [0.25, 0.3) is 0 Å². The van der Waals surface area contributed by atoms with Gasteiger partial charge in [0, 0.05) is 75.1 Å². The Hall–Kier alpha value is -1.94. The van der Waals surface area contributed by atoms with Crippen LogP contribution in [0.3, 0.4) is 0 Å². The van der Waals surface area contributed by atoms with Gasteiger partial charge < -0.3 is 4.90 Å². The summed E-state index contributed by atoms with van der Waals surface area (Å²) < 4.78 is 29.2. The van der Waals surface area contributed by atoms with Crippen LogP contribution in [0.2, 0.25) is 5.02 Å². The molecule has 1 amide bonds. The van der Waals surface area contributed by atoms with Crippen molar-refractivity contribution in [2.24, 2.45) is 5.92 Å². The minimum absolute atomic E-state index is 0.113. The number of piperazine rings is 1. The van der Waals surface area contributed by atoms with E-state index in [2.05, 4.69) is 23.1 Å². The van der Waals surface area contributed by atoms with Crippen molar-refractivity contribution in [2.45, 2.75) is 44.7 Å². The van der Waals surface area contributed by atoms with Gasteiger partial charge in [-0.15, -0.1) is 0 Å². The molecule has 2 fully saturated rings. The molecule has 2 saturated heterocycles. The number of aryl methyl sites for hydroxylation is 2. The minimum Gasteiger partial charge on any atom is -0.340 e. The molecule has 0 N–H and O–H groups in total. The third-order valence-electron chi connectivity index (χ3n) is 6.70. The average Bonchev–Trinajstić information content (AvgIpc) is 3.18. The summed E-state index contributed by atoms with van der Waals surface area (Å²) in [6.45, 7) is 9.67. The van der Waals surface area contributed by atoms with E-state index in [0.29, 0.717) is 44.0 Å². The molecule has 10 heteroatoms. The van der Waals surface area contributed by atoms with Crippen LogP contribution in [0.15, 0.2) is 35.4 Å². The predicted octanol–water partition coefficient (Wildman–Crippen LogP) is 2.61. The van der Waals surface area contributed by atoms with Crippen molar-refractivity contribution >= 4 is 27.5 Å². The maximum absolute atomic E-state index is 13.1. The minimum atomic E-state index is -3.56. The Morgan fingerprint density at radius 1 is 1.06 bits per heavy atom. The molecule has 2 aliphatic heterocycles. The number of aromatic nitrogens is 2. The van der Waals surface area contributed by atoms with Crippen LogP contribution in [0.5, 0.6) is 0 Å². The van der Waals surface area contributed by atoms with Crippen molar-refractivity contribution in [3.63, 3.8) is 0 Å². The quantitative estimate of drug-likeness (QED) is 0.618. The number of nitrogens with zero attached hydrogens (tertiary/aromatic N) is 5. The molecular formula is C23H32ClN5O3S. The van der Waals surface area contributed by atoms with Crippen LogP contribution in [0.4, 0.5) is 0 Å². The molecule has 3 heterocycles. The molecule has 180 valence electrons. The second kappa shape index (κ2) is 10.1. The zero-order valence-electron chi connectivity index (χ0n) is 19.3. The molecule has 0 bridgehead atoms. The lowest BCUT2D eigenvalue weighted by atomic mass is 9.96. The van der Waals surface area contributed by atoms with E-state index in [4.69, 9.17) is 11.6 Å². The maximum Gasteiger partial charge on any atom is 0.243 e. The Morgan fingerprint density at radius 2 is 1.70 bits per heavy atom. The predicted molar refractivity (Wildman–Crippen MR) is 127 cm³/mol. The number of hydrogen-bond donors (Lipinski definition) is 0. The lowest BCUT2D eigenvalue weighted by molar-refractivity contribution is -0.138. The third-order valence-corrected chi connectivity index (χ3v) is 8.87. The number of sulfonamides is 1. The van der Waals surface area contributed by atoms with Crippen molar-refractivity contribution in [2.75, 3.05) is 39.3 Å². The number of carbonyl (C=O) groups is 1. The highest BCUT2D eigenvalue weighted by atomic mass is 35.5. The molecule has 0 unspecified atom stereocenters. The van der Waals surface area contributed by atoms with Gasteiger partial charge in [-0.2, -0.15) is 9.40 Å². The van der Waals surface area contributed by atoms with Crippen LogP contribution in [-0.2, 0) is 27.9 Å². The van der Waals surface area contributed by atoms with Crippen molar-refractivity contribution < 1.29 is 13.2 Å². The summed E-state index contributed by atoms with van der Waals surface area (Å²) in [5.41, 5.74) is 2.31. The maximum atomic E-state index is 13.1. The summed E-state index contributed by atoms with van der Waals surface area (Å²) >= 11 is 5.88. The van der Waals surface area contributed by atoms with E-state index in [9.17, 15) is 13.2 Å². The first-order valence-electron chi connectivity index (χ1n) is 11.6. The normalized spacial score (nSPS) is 19.2. The smallest absolute Gasteiger partial charge is 0.243 e. The number of amides is 1. The van der Waals surface area contributed by atoms with Gasteiger partial charge in [0.05, 0.1) is 10.6 Å². The van der Waals surface area contributed by atoms with E-state index in [1.165, 1.54) is 22.0 Å². The van der Waals surface area contributed by atoms with Gasteiger partial charge in [0.2, 0.25) is 15.9 Å². The van der Waals surface area contributed by atoms with Crippen molar-refractivity contribution in [1.29, 1.82) is 0 Å². The van der Waals surface area contributed by atoms with Gasteiger partial charge in [-0.1, -0.05) is 11.6 Å². The van der Waals surface area contributed by atoms with Gasteiger partial charge in [0.1, 0.15) is 0 Å². The second-order valence-corrected chi connectivity index (χ2v) is 11.2. The lowest BCUT2D eigenvalue weighted by Gasteiger charge is -2.38. The molecule has 2 aliphatic rings. The zero-order valence-corrected chi connectivity index (χ0v) is 20.9. The summed E-state index contributed by atoms with van der Waals surface area (Å²) in [5.74, 6) is 0.0476. The molecule has 1 aromatic carbocycles. The van der Waals surface area contributed by atoms with Crippen LogP contribution in [0.1, 0.15) is 31.0 Å². The molecule has 33 heavy (non-hydrogen) atoms. The summed E-state index contributed by atoms with van der Waals surface area (Å²) in [4.78, 5) is 17.7. The molecule has 0 atom stereocenters. The highest BCUT2D eigenvalue weighted by Gasteiger charge is 2.34. The standard InChI is InChI=1S/C23H32ClN5O3S/c1-3-28-17-20(18(2)25-28)16-26-12-14-27(15-13-26)23(30)19-8-10-29(11-9-19)33(31,32)22-6-4-21(24)5-7-22/h4-7,17,19H,3,8-16H2,1-2H3. The largest absolute Gasteiger partial charge is 0.340 e. The lowest BCUT2D eigenvalue weighted by Crippen LogP contribution is -2.51. The Kier molecular flexibility index (Phi) is 7.43. The fourth-order valence-corrected chi connectivity index (χ4v) is 6.20. The fourth-order valence-electron chi connectivity index (χ4n) is 4.60. The number of halogens is 1. The Morgan fingerprint density at radius 3 is 2.27 bits per heavy atom.